The number of carbonyl (C=O) groups is 1. The van der Waals surface area contributed by atoms with Gasteiger partial charge in [-0.15, -0.1) is 12.4 Å². The molecule has 1 fully saturated rings. The number of nitrogens with two attached hydrogens (primary N) is 1. The third-order valence-corrected chi connectivity index (χ3v) is 2.94. The Hall–Kier alpha value is -1.20. The third kappa shape index (κ3) is 3.40. The van der Waals surface area contributed by atoms with Crippen molar-refractivity contribution >= 4 is 18.3 Å². The van der Waals surface area contributed by atoms with E-state index >= 15 is 0 Å². The molecule has 1 amide bonds. The second-order valence-electron chi connectivity index (χ2n) is 4.28. The molecule has 3 N–H and O–H groups in total. The maximum atomic E-state index is 13.3. The zero-order chi connectivity index (χ0) is 12.4. The summed E-state index contributed by atoms with van der Waals surface area (Å²) in [7, 11) is 0. The van der Waals surface area contributed by atoms with E-state index in [-0.39, 0.29) is 24.0 Å². The zero-order valence-corrected chi connectivity index (χ0v) is 10.5. The molecule has 0 aromatic heterocycles. The Bertz CT molecular complexity index is 438. The van der Waals surface area contributed by atoms with Crippen LogP contribution in [0.3, 0.4) is 0 Å². The number of hydrogen-bond donors (Lipinski definition) is 2. The third-order valence-electron chi connectivity index (χ3n) is 2.94. The Labute approximate surface area is 110 Å². The summed E-state index contributed by atoms with van der Waals surface area (Å²) in [5, 5.41) is 2.68. The van der Waals surface area contributed by atoms with Gasteiger partial charge in [0.1, 0.15) is 11.6 Å². The molecule has 100 valence electrons. The van der Waals surface area contributed by atoms with E-state index < -0.39 is 17.5 Å². The lowest BCUT2D eigenvalue weighted by atomic mass is 10.1. The fourth-order valence-corrected chi connectivity index (χ4v) is 1.79. The minimum absolute atomic E-state index is 0. The van der Waals surface area contributed by atoms with Gasteiger partial charge in [-0.3, -0.25) is 4.79 Å². The predicted octanol–water partition coefficient (Wildman–Crippen LogP) is 1.85. The highest BCUT2D eigenvalue weighted by molar-refractivity contribution is 5.94. The van der Waals surface area contributed by atoms with Crippen molar-refractivity contribution in [2.75, 3.05) is 6.54 Å². The van der Waals surface area contributed by atoms with Crippen LogP contribution >= 0.6 is 12.4 Å². The highest BCUT2D eigenvalue weighted by atomic mass is 35.5. The molecule has 0 heterocycles. The number of nitrogens with one attached hydrogen (secondary N) is 1. The largest absolute Gasteiger partial charge is 0.348 e. The molecule has 1 aliphatic carbocycles. The van der Waals surface area contributed by atoms with Crippen LogP contribution in [0.1, 0.15) is 23.2 Å². The summed E-state index contributed by atoms with van der Waals surface area (Å²) in [5.41, 5.74) is 5.39. The highest BCUT2D eigenvalue weighted by Gasteiger charge is 2.31. The average molecular weight is 277 g/mol. The summed E-state index contributed by atoms with van der Waals surface area (Å²) >= 11 is 0. The van der Waals surface area contributed by atoms with Crippen molar-refractivity contribution in [2.45, 2.75) is 18.9 Å². The summed E-state index contributed by atoms with van der Waals surface area (Å²) in [5.74, 6) is -1.69. The topological polar surface area (TPSA) is 55.1 Å². The van der Waals surface area contributed by atoms with Gasteiger partial charge >= 0.3 is 0 Å². The van der Waals surface area contributed by atoms with Crippen LogP contribution in [-0.2, 0) is 0 Å². The first-order valence-electron chi connectivity index (χ1n) is 5.58. The van der Waals surface area contributed by atoms with Crippen molar-refractivity contribution in [1.29, 1.82) is 0 Å². The second kappa shape index (κ2) is 6.11. The maximum absolute atomic E-state index is 13.3. The van der Waals surface area contributed by atoms with Gasteiger partial charge in [-0.2, -0.15) is 0 Å². The quantitative estimate of drug-likeness (QED) is 0.882. The molecule has 0 radical (unpaired) electrons. The van der Waals surface area contributed by atoms with Gasteiger partial charge in [0.2, 0.25) is 0 Å². The summed E-state index contributed by atoms with van der Waals surface area (Å²) in [4.78, 5) is 11.7. The van der Waals surface area contributed by atoms with E-state index in [0.29, 0.717) is 18.5 Å². The van der Waals surface area contributed by atoms with Crippen LogP contribution in [-0.4, -0.2) is 18.5 Å². The van der Waals surface area contributed by atoms with Crippen molar-refractivity contribution < 1.29 is 13.6 Å². The van der Waals surface area contributed by atoms with Gasteiger partial charge in [-0.05, 0) is 30.9 Å². The minimum Gasteiger partial charge on any atom is -0.348 e. The normalized spacial score (nSPS) is 15.7. The van der Waals surface area contributed by atoms with Crippen molar-refractivity contribution in [3.63, 3.8) is 0 Å². The molecule has 1 unspecified atom stereocenters. The van der Waals surface area contributed by atoms with E-state index in [2.05, 4.69) is 5.32 Å². The molecular weight excluding hydrogens is 262 g/mol. The van der Waals surface area contributed by atoms with Gasteiger partial charge in [0.25, 0.3) is 5.91 Å². The summed E-state index contributed by atoms with van der Waals surface area (Å²) in [6, 6.07) is 2.78. The molecule has 0 saturated heterocycles. The van der Waals surface area contributed by atoms with Crippen LogP contribution in [0.25, 0.3) is 0 Å². The molecule has 1 atom stereocenters. The monoisotopic (exact) mass is 276 g/mol. The van der Waals surface area contributed by atoms with Crippen molar-refractivity contribution in [3.8, 4) is 0 Å². The van der Waals surface area contributed by atoms with E-state index in [1.807, 2.05) is 0 Å². The zero-order valence-electron chi connectivity index (χ0n) is 9.66. The number of hydrogen-bond acceptors (Lipinski definition) is 2. The molecule has 2 rings (SSSR count). The fourth-order valence-electron chi connectivity index (χ4n) is 1.79. The van der Waals surface area contributed by atoms with Gasteiger partial charge in [0, 0.05) is 18.7 Å². The van der Waals surface area contributed by atoms with Crippen molar-refractivity contribution in [3.05, 3.63) is 35.4 Å². The molecule has 1 saturated carbocycles. The molecule has 3 nitrogen and oxygen atoms in total. The first kappa shape index (κ1) is 14.9. The Balaban J connectivity index is 0.00000162. The van der Waals surface area contributed by atoms with Crippen LogP contribution in [0.5, 0.6) is 0 Å². The molecule has 1 aromatic carbocycles. The lowest BCUT2D eigenvalue weighted by molar-refractivity contribution is 0.0929. The number of halogens is 3. The van der Waals surface area contributed by atoms with Gasteiger partial charge in [-0.1, -0.05) is 0 Å². The molecule has 0 aliphatic heterocycles. The van der Waals surface area contributed by atoms with E-state index in [9.17, 15) is 13.6 Å². The van der Waals surface area contributed by atoms with Gasteiger partial charge in [-0.25, -0.2) is 8.78 Å². The molecule has 18 heavy (non-hydrogen) atoms. The van der Waals surface area contributed by atoms with Crippen LogP contribution in [0.15, 0.2) is 18.2 Å². The van der Waals surface area contributed by atoms with Crippen molar-refractivity contribution in [1.82, 2.24) is 5.32 Å². The predicted molar refractivity (Wildman–Crippen MR) is 66.6 cm³/mol. The fraction of sp³-hybridized carbons (Fsp3) is 0.417. The Morgan fingerprint density at radius 3 is 2.61 bits per heavy atom. The number of rotatable bonds is 4. The lowest BCUT2D eigenvalue weighted by Crippen LogP contribution is -2.42. The first-order valence-corrected chi connectivity index (χ1v) is 5.58. The van der Waals surface area contributed by atoms with Crippen LogP contribution in [0.4, 0.5) is 8.78 Å². The smallest absolute Gasteiger partial charge is 0.254 e. The van der Waals surface area contributed by atoms with E-state index in [0.717, 1.165) is 25.0 Å². The van der Waals surface area contributed by atoms with Gasteiger partial charge < -0.3 is 11.1 Å². The molecular formula is C12H15ClF2N2O. The lowest BCUT2D eigenvalue weighted by Gasteiger charge is -2.16. The number of benzene rings is 1. The first-order chi connectivity index (χ1) is 8.11. The van der Waals surface area contributed by atoms with Gasteiger partial charge in [0.05, 0.1) is 5.56 Å². The molecule has 0 bridgehead atoms. The van der Waals surface area contributed by atoms with Crippen LogP contribution < -0.4 is 11.1 Å². The summed E-state index contributed by atoms with van der Waals surface area (Å²) in [6.07, 6.45) is 2.07. The minimum atomic E-state index is -0.853. The highest BCUT2D eigenvalue weighted by Crippen LogP contribution is 2.32. The van der Waals surface area contributed by atoms with E-state index in [1.165, 1.54) is 0 Å². The molecule has 0 spiro atoms. The summed E-state index contributed by atoms with van der Waals surface area (Å²) in [6.45, 7) is 0.333. The number of carbonyl (C=O) groups excluding carboxylic acids is 1. The molecule has 6 heteroatoms. The van der Waals surface area contributed by atoms with E-state index in [4.69, 9.17) is 5.73 Å². The Kier molecular flexibility index (Phi) is 5.04. The maximum Gasteiger partial charge on any atom is 0.254 e. The Morgan fingerprint density at radius 2 is 2.11 bits per heavy atom. The standard InChI is InChI=1S/C12H14F2N2O.ClH/c13-8-3-4-9(10(14)5-8)12(17)16-11(6-15)7-1-2-7;/h3-5,7,11H,1-2,6,15H2,(H,16,17);1H. The number of amides is 1. The second-order valence-corrected chi connectivity index (χ2v) is 4.28. The molecule has 1 aromatic rings. The van der Waals surface area contributed by atoms with Gasteiger partial charge in [0.15, 0.2) is 0 Å². The summed E-state index contributed by atoms with van der Waals surface area (Å²) < 4.78 is 26.0. The van der Waals surface area contributed by atoms with Crippen LogP contribution in [0, 0.1) is 17.6 Å². The SMILES string of the molecule is Cl.NCC(NC(=O)c1ccc(F)cc1F)C1CC1. The Morgan fingerprint density at radius 1 is 1.44 bits per heavy atom. The van der Waals surface area contributed by atoms with E-state index in [1.54, 1.807) is 0 Å². The average Bonchev–Trinajstić information content (AvgIpc) is 3.09. The molecule has 1 aliphatic rings. The van der Waals surface area contributed by atoms with Crippen LogP contribution in [0.2, 0.25) is 0 Å². The van der Waals surface area contributed by atoms with Crippen molar-refractivity contribution in [2.24, 2.45) is 11.7 Å².